The predicted molar refractivity (Wildman–Crippen MR) is 86.0 cm³/mol. The van der Waals surface area contributed by atoms with Crippen LogP contribution in [0.25, 0.3) is 0 Å². The van der Waals surface area contributed by atoms with Gasteiger partial charge in [-0.05, 0) is 37.0 Å². The maximum Gasteiger partial charge on any atom is 0.239 e. The molecule has 20 heavy (non-hydrogen) atoms. The third-order valence-electron chi connectivity index (χ3n) is 5.43. The summed E-state index contributed by atoms with van der Waals surface area (Å²) in [5.41, 5.74) is 6.56. The van der Waals surface area contributed by atoms with E-state index >= 15 is 0 Å². The topological polar surface area (TPSA) is 46.3 Å². The number of rotatable bonds is 3. The number of nitrogens with zero attached hydrogens (tertiary/aromatic N) is 1. The van der Waals surface area contributed by atoms with E-state index in [4.69, 9.17) is 5.73 Å². The second-order valence-corrected chi connectivity index (χ2v) is 6.84. The van der Waals surface area contributed by atoms with Gasteiger partial charge in [-0.2, -0.15) is 0 Å². The second-order valence-electron chi connectivity index (χ2n) is 6.84. The summed E-state index contributed by atoms with van der Waals surface area (Å²) in [5, 5.41) is 0. The van der Waals surface area contributed by atoms with E-state index in [9.17, 15) is 4.79 Å². The molecule has 1 spiro atoms. The summed E-state index contributed by atoms with van der Waals surface area (Å²) in [6, 6.07) is -0.302. The van der Waals surface area contributed by atoms with Crippen molar-refractivity contribution in [1.82, 2.24) is 4.90 Å². The van der Waals surface area contributed by atoms with E-state index in [0.29, 0.717) is 5.41 Å². The summed E-state index contributed by atoms with van der Waals surface area (Å²) >= 11 is 0. The van der Waals surface area contributed by atoms with Crippen LogP contribution in [0.4, 0.5) is 0 Å². The number of hydrogen-bond acceptors (Lipinski definition) is 2. The van der Waals surface area contributed by atoms with Crippen molar-refractivity contribution in [3.8, 4) is 0 Å². The van der Waals surface area contributed by atoms with Gasteiger partial charge >= 0.3 is 0 Å². The Kier molecular flexibility index (Phi) is 6.80. The van der Waals surface area contributed by atoms with E-state index in [1.165, 1.54) is 44.9 Å². The molecule has 2 aliphatic rings. The maximum atomic E-state index is 12.5. The van der Waals surface area contributed by atoms with Crippen LogP contribution in [0, 0.1) is 11.3 Å². The molecule has 1 amide bonds. The van der Waals surface area contributed by atoms with E-state index in [1.807, 2.05) is 0 Å². The van der Waals surface area contributed by atoms with Crippen LogP contribution in [0.2, 0.25) is 0 Å². The molecule has 2 fully saturated rings. The molecule has 2 N–H and O–H groups in total. The normalized spacial score (nSPS) is 24.9. The van der Waals surface area contributed by atoms with Gasteiger partial charge < -0.3 is 10.6 Å². The van der Waals surface area contributed by atoms with Crippen LogP contribution in [-0.4, -0.2) is 29.9 Å². The largest absolute Gasteiger partial charge is 0.341 e. The van der Waals surface area contributed by atoms with Crippen LogP contribution in [0.3, 0.4) is 0 Å². The summed E-state index contributed by atoms with van der Waals surface area (Å²) in [7, 11) is 0. The quantitative estimate of drug-likeness (QED) is 0.869. The predicted octanol–water partition coefficient (Wildman–Crippen LogP) is 3.35. The average Bonchev–Trinajstić information content (AvgIpc) is 2.45. The minimum Gasteiger partial charge on any atom is -0.341 e. The molecule has 1 heterocycles. The SMILES string of the molecule is CCC(C)C(N)C(=O)N1CCCC2(CCCCC2)C1.Cl. The van der Waals surface area contributed by atoms with Crippen molar-refractivity contribution < 1.29 is 4.79 Å². The molecule has 0 aromatic carbocycles. The molecule has 1 saturated heterocycles. The van der Waals surface area contributed by atoms with Crippen molar-refractivity contribution >= 4 is 18.3 Å². The van der Waals surface area contributed by atoms with Crippen molar-refractivity contribution in [1.29, 1.82) is 0 Å². The van der Waals surface area contributed by atoms with Crippen LogP contribution in [0.1, 0.15) is 65.2 Å². The molecule has 2 atom stereocenters. The van der Waals surface area contributed by atoms with Gasteiger partial charge in [-0.3, -0.25) is 4.79 Å². The lowest BCUT2D eigenvalue weighted by Gasteiger charge is -2.46. The summed E-state index contributed by atoms with van der Waals surface area (Å²) < 4.78 is 0. The summed E-state index contributed by atoms with van der Waals surface area (Å²) in [6.45, 7) is 6.08. The molecule has 1 aliphatic carbocycles. The molecule has 118 valence electrons. The van der Waals surface area contributed by atoms with E-state index in [2.05, 4.69) is 18.7 Å². The minimum atomic E-state index is -0.302. The summed E-state index contributed by atoms with van der Waals surface area (Å²) in [5.74, 6) is 0.482. The number of piperidine rings is 1. The van der Waals surface area contributed by atoms with Gasteiger partial charge in [-0.1, -0.05) is 39.5 Å². The standard InChI is InChI=1S/C16H30N2O.ClH/c1-3-13(2)14(17)15(19)18-11-7-10-16(12-18)8-5-4-6-9-16;/h13-14H,3-12,17H2,1-2H3;1H. The van der Waals surface area contributed by atoms with Gasteiger partial charge in [0, 0.05) is 13.1 Å². The highest BCUT2D eigenvalue weighted by molar-refractivity contribution is 5.85. The molecule has 2 unspecified atom stereocenters. The number of halogens is 1. The number of hydrogen-bond donors (Lipinski definition) is 1. The van der Waals surface area contributed by atoms with Crippen LogP contribution < -0.4 is 5.73 Å². The Morgan fingerprint density at radius 3 is 2.40 bits per heavy atom. The van der Waals surface area contributed by atoms with Crippen molar-refractivity contribution in [2.75, 3.05) is 13.1 Å². The molecular formula is C16H31ClN2O. The molecule has 0 bridgehead atoms. The molecule has 2 rings (SSSR count). The number of amides is 1. The molecule has 1 aliphatic heterocycles. The van der Waals surface area contributed by atoms with Gasteiger partial charge in [0.15, 0.2) is 0 Å². The molecule has 1 saturated carbocycles. The Morgan fingerprint density at radius 1 is 1.20 bits per heavy atom. The van der Waals surface area contributed by atoms with Crippen LogP contribution in [0.15, 0.2) is 0 Å². The van der Waals surface area contributed by atoms with Gasteiger partial charge in [-0.25, -0.2) is 0 Å². The first-order valence-electron chi connectivity index (χ1n) is 8.12. The Labute approximate surface area is 130 Å². The van der Waals surface area contributed by atoms with Gasteiger partial charge in [0.1, 0.15) is 0 Å². The Morgan fingerprint density at radius 2 is 1.80 bits per heavy atom. The van der Waals surface area contributed by atoms with E-state index in [1.54, 1.807) is 0 Å². The first-order chi connectivity index (χ1) is 9.08. The Bertz CT molecular complexity index is 310. The van der Waals surface area contributed by atoms with E-state index in [0.717, 1.165) is 19.5 Å². The lowest BCUT2D eigenvalue weighted by molar-refractivity contribution is -0.138. The third kappa shape index (κ3) is 3.88. The van der Waals surface area contributed by atoms with Crippen molar-refractivity contribution in [2.45, 2.75) is 71.3 Å². The van der Waals surface area contributed by atoms with E-state index in [-0.39, 0.29) is 30.3 Å². The average molecular weight is 303 g/mol. The molecule has 0 aromatic rings. The first kappa shape index (κ1) is 17.8. The summed E-state index contributed by atoms with van der Waals surface area (Å²) in [6.07, 6.45) is 10.2. The highest BCUT2D eigenvalue weighted by Crippen LogP contribution is 2.43. The van der Waals surface area contributed by atoms with E-state index < -0.39 is 0 Å². The zero-order chi connectivity index (χ0) is 13.9. The van der Waals surface area contributed by atoms with Crippen molar-refractivity contribution in [3.05, 3.63) is 0 Å². The van der Waals surface area contributed by atoms with Gasteiger partial charge in [-0.15, -0.1) is 12.4 Å². The minimum absolute atomic E-state index is 0. The van der Waals surface area contributed by atoms with Crippen LogP contribution in [-0.2, 0) is 4.79 Å². The molecular weight excluding hydrogens is 272 g/mol. The van der Waals surface area contributed by atoms with Crippen LogP contribution >= 0.6 is 12.4 Å². The highest BCUT2D eigenvalue weighted by Gasteiger charge is 2.39. The zero-order valence-corrected chi connectivity index (χ0v) is 13.9. The monoisotopic (exact) mass is 302 g/mol. The molecule has 3 nitrogen and oxygen atoms in total. The fourth-order valence-corrected chi connectivity index (χ4v) is 3.81. The Balaban J connectivity index is 0.00000200. The van der Waals surface area contributed by atoms with Gasteiger partial charge in [0.05, 0.1) is 6.04 Å². The lowest BCUT2D eigenvalue weighted by Crippen LogP contribution is -2.53. The van der Waals surface area contributed by atoms with Crippen LogP contribution in [0.5, 0.6) is 0 Å². The fourth-order valence-electron chi connectivity index (χ4n) is 3.81. The van der Waals surface area contributed by atoms with Gasteiger partial charge in [0.2, 0.25) is 5.91 Å². The smallest absolute Gasteiger partial charge is 0.239 e. The van der Waals surface area contributed by atoms with Gasteiger partial charge in [0.25, 0.3) is 0 Å². The van der Waals surface area contributed by atoms with Crippen molar-refractivity contribution in [2.24, 2.45) is 17.1 Å². The fraction of sp³-hybridized carbons (Fsp3) is 0.938. The molecule has 0 radical (unpaired) electrons. The number of nitrogens with two attached hydrogens (primary N) is 1. The number of carbonyl (C=O) groups is 1. The Hall–Kier alpha value is -0.280. The van der Waals surface area contributed by atoms with Crippen molar-refractivity contribution in [3.63, 3.8) is 0 Å². The number of carbonyl (C=O) groups excluding carboxylic acids is 1. The summed E-state index contributed by atoms with van der Waals surface area (Å²) in [4.78, 5) is 14.6. The highest BCUT2D eigenvalue weighted by atomic mass is 35.5. The third-order valence-corrected chi connectivity index (χ3v) is 5.43. The molecule has 4 heteroatoms. The number of likely N-dealkylation sites (tertiary alicyclic amines) is 1. The first-order valence-corrected chi connectivity index (χ1v) is 8.12. The second kappa shape index (κ2) is 7.65. The molecule has 0 aromatic heterocycles. The zero-order valence-electron chi connectivity index (χ0n) is 13.1. The maximum absolute atomic E-state index is 12.5. The lowest BCUT2D eigenvalue weighted by atomic mass is 9.69.